The number of hydrogen-bond donors (Lipinski definition) is 2. The average molecular weight is 472 g/mol. The van der Waals surface area contributed by atoms with E-state index in [-0.39, 0.29) is 29.9 Å². The van der Waals surface area contributed by atoms with Gasteiger partial charge in [-0.2, -0.15) is 0 Å². The predicted octanol–water partition coefficient (Wildman–Crippen LogP) is 3.49. The molecule has 7 heteroatoms. The molecular formula is C19H29IN4O2. The number of nitrogens with zero attached hydrogens (tertiary/aromatic N) is 2. The van der Waals surface area contributed by atoms with Crippen LogP contribution in [0.3, 0.4) is 0 Å². The predicted molar refractivity (Wildman–Crippen MR) is 113 cm³/mol. The third-order valence-corrected chi connectivity index (χ3v) is 4.97. The van der Waals surface area contributed by atoms with Crippen LogP contribution in [0.2, 0.25) is 0 Å². The second-order valence-corrected chi connectivity index (χ2v) is 7.04. The molecule has 0 aromatic carbocycles. The lowest BCUT2D eigenvalue weighted by molar-refractivity contribution is 0.0598. The van der Waals surface area contributed by atoms with E-state index in [2.05, 4.69) is 15.3 Å². The molecule has 3 N–H and O–H groups in total. The zero-order chi connectivity index (χ0) is 17.6. The third kappa shape index (κ3) is 5.82. The van der Waals surface area contributed by atoms with E-state index in [1.165, 1.54) is 32.8 Å². The zero-order valence-electron chi connectivity index (χ0n) is 15.4. The Morgan fingerprint density at radius 2 is 1.92 bits per heavy atom. The maximum Gasteiger partial charge on any atom is 0.339 e. The smallest absolute Gasteiger partial charge is 0.339 e. The third-order valence-electron chi connectivity index (χ3n) is 4.97. The quantitative estimate of drug-likeness (QED) is 0.225. The molecule has 144 valence electrons. The molecule has 0 spiro atoms. The Balaban J connectivity index is 0.00000243. The van der Waals surface area contributed by atoms with Gasteiger partial charge < -0.3 is 15.8 Å². The van der Waals surface area contributed by atoms with Crippen LogP contribution in [0, 0.1) is 0 Å². The molecule has 26 heavy (non-hydrogen) atoms. The summed E-state index contributed by atoms with van der Waals surface area (Å²) in [6.07, 6.45) is 9.62. The molecule has 0 saturated heterocycles. The van der Waals surface area contributed by atoms with Crippen LogP contribution in [0.15, 0.2) is 17.1 Å². The molecule has 0 amide bonds. The average Bonchev–Trinajstić information content (AvgIpc) is 3.47. The number of nitrogens with one attached hydrogen (secondary N) is 1. The number of esters is 1. The molecular weight excluding hydrogens is 443 g/mol. The van der Waals surface area contributed by atoms with Crippen LogP contribution in [0.4, 0.5) is 0 Å². The number of methoxy groups -OCH3 is 1. The summed E-state index contributed by atoms with van der Waals surface area (Å²) in [6.45, 7) is 0.423. The first-order valence-electron chi connectivity index (χ1n) is 9.32. The summed E-state index contributed by atoms with van der Waals surface area (Å²) in [6, 6.07) is 4.07. The van der Waals surface area contributed by atoms with E-state index in [0.717, 1.165) is 37.1 Å². The number of nitrogens with two attached hydrogens (primary N) is 1. The molecule has 2 fully saturated rings. The largest absolute Gasteiger partial charge is 0.465 e. The molecule has 1 heterocycles. The normalized spacial score (nSPS) is 18.6. The Kier molecular flexibility index (Phi) is 8.12. The van der Waals surface area contributed by atoms with Crippen molar-refractivity contribution in [3.63, 3.8) is 0 Å². The van der Waals surface area contributed by atoms with Crippen LogP contribution < -0.4 is 11.1 Å². The first kappa shape index (κ1) is 20.9. The number of hydrogen-bond acceptors (Lipinski definition) is 4. The van der Waals surface area contributed by atoms with Gasteiger partial charge in [-0.3, -0.25) is 4.98 Å². The Morgan fingerprint density at radius 3 is 2.54 bits per heavy atom. The number of ether oxygens (including phenoxy) is 1. The molecule has 2 saturated carbocycles. The minimum Gasteiger partial charge on any atom is -0.465 e. The van der Waals surface area contributed by atoms with Crippen LogP contribution in [0.5, 0.6) is 0 Å². The summed E-state index contributed by atoms with van der Waals surface area (Å²) in [4.78, 5) is 21.0. The van der Waals surface area contributed by atoms with E-state index in [4.69, 9.17) is 10.5 Å². The highest BCUT2D eigenvalue weighted by atomic mass is 127. The Hall–Kier alpha value is -1.38. The van der Waals surface area contributed by atoms with Crippen LogP contribution in [0.1, 0.15) is 79.0 Å². The van der Waals surface area contributed by atoms with E-state index in [9.17, 15) is 4.79 Å². The van der Waals surface area contributed by atoms with Crippen LogP contribution in [-0.2, 0) is 11.3 Å². The molecule has 6 nitrogen and oxygen atoms in total. The van der Waals surface area contributed by atoms with E-state index in [1.807, 2.05) is 6.07 Å². The summed E-state index contributed by atoms with van der Waals surface area (Å²) in [5.74, 6) is 0.539. The van der Waals surface area contributed by atoms with E-state index in [0.29, 0.717) is 30.0 Å². The van der Waals surface area contributed by atoms with Crippen molar-refractivity contribution in [2.45, 2.75) is 69.9 Å². The van der Waals surface area contributed by atoms with E-state index < -0.39 is 0 Å². The molecule has 0 unspecified atom stereocenters. The molecule has 1 aromatic rings. The number of carbonyl (C=O) groups is 1. The zero-order valence-corrected chi connectivity index (χ0v) is 17.7. The van der Waals surface area contributed by atoms with Crippen molar-refractivity contribution in [2.24, 2.45) is 10.7 Å². The van der Waals surface area contributed by atoms with Crippen molar-refractivity contribution >= 4 is 35.9 Å². The summed E-state index contributed by atoms with van der Waals surface area (Å²) in [5, 5.41) is 3.34. The van der Waals surface area contributed by atoms with Gasteiger partial charge in [0.2, 0.25) is 0 Å². The van der Waals surface area contributed by atoms with Gasteiger partial charge in [0, 0.05) is 12.0 Å². The maximum absolute atomic E-state index is 11.9. The van der Waals surface area contributed by atoms with Gasteiger partial charge in [-0.05, 0) is 37.8 Å². The topological polar surface area (TPSA) is 89.6 Å². The molecule has 2 aliphatic rings. The highest BCUT2D eigenvalue weighted by Gasteiger charge is 2.30. The number of guanidine groups is 1. The molecule has 3 rings (SSSR count). The van der Waals surface area contributed by atoms with Gasteiger partial charge >= 0.3 is 5.97 Å². The van der Waals surface area contributed by atoms with Gasteiger partial charge in [0.15, 0.2) is 5.96 Å². The molecule has 0 aliphatic heterocycles. The fraction of sp³-hybridized carbons (Fsp3) is 0.632. The van der Waals surface area contributed by atoms with Crippen molar-refractivity contribution in [3.05, 3.63) is 29.1 Å². The number of pyridine rings is 1. The highest BCUT2D eigenvalue weighted by Crippen LogP contribution is 2.40. The minimum atomic E-state index is -0.320. The lowest BCUT2D eigenvalue weighted by Gasteiger charge is -2.16. The second-order valence-electron chi connectivity index (χ2n) is 7.04. The van der Waals surface area contributed by atoms with E-state index >= 15 is 0 Å². The number of rotatable bonds is 5. The Bertz CT molecular complexity index is 638. The molecule has 2 aliphatic carbocycles. The molecule has 0 bridgehead atoms. The number of aliphatic imine (C=N–C) groups is 1. The van der Waals surface area contributed by atoms with Crippen molar-refractivity contribution < 1.29 is 9.53 Å². The van der Waals surface area contributed by atoms with Crippen LogP contribution >= 0.6 is 24.0 Å². The van der Waals surface area contributed by atoms with Gasteiger partial charge in [-0.1, -0.05) is 25.7 Å². The van der Waals surface area contributed by atoms with Gasteiger partial charge in [0.1, 0.15) is 0 Å². The summed E-state index contributed by atoms with van der Waals surface area (Å²) < 4.78 is 4.85. The molecule has 0 atom stereocenters. The number of aromatic nitrogens is 1. The molecule has 1 aromatic heterocycles. The lowest BCUT2D eigenvalue weighted by atomic mass is 10.1. The first-order valence-corrected chi connectivity index (χ1v) is 9.32. The lowest BCUT2D eigenvalue weighted by Crippen LogP contribution is -2.39. The number of halogens is 1. The highest BCUT2D eigenvalue weighted by molar-refractivity contribution is 14.0. The van der Waals surface area contributed by atoms with Crippen molar-refractivity contribution in [3.8, 4) is 0 Å². The van der Waals surface area contributed by atoms with E-state index in [1.54, 1.807) is 6.07 Å². The van der Waals surface area contributed by atoms with Gasteiger partial charge in [-0.15, -0.1) is 24.0 Å². The van der Waals surface area contributed by atoms with Crippen LogP contribution in [0.25, 0.3) is 0 Å². The SMILES string of the molecule is COC(=O)c1ccc(CN=C(N)NC2CCCCCC2)nc1C1CC1.I. The van der Waals surface area contributed by atoms with Crippen molar-refractivity contribution in [1.29, 1.82) is 0 Å². The Labute approximate surface area is 172 Å². The van der Waals surface area contributed by atoms with Gasteiger partial charge in [0.05, 0.1) is 30.6 Å². The molecule has 0 radical (unpaired) electrons. The number of carbonyl (C=O) groups excluding carboxylic acids is 1. The minimum absolute atomic E-state index is 0. The fourth-order valence-electron chi connectivity index (χ4n) is 3.40. The standard InChI is InChI=1S/C19H28N4O2.HI/c1-25-18(24)16-11-10-15(22-17(16)13-8-9-13)12-21-19(20)23-14-6-4-2-3-5-7-14;/h10-11,13-14H,2-9,12H2,1H3,(H3,20,21,23);1H. The summed E-state index contributed by atoms with van der Waals surface area (Å²) >= 11 is 0. The second kappa shape index (κ2) is 10.1. The van der Waals surface area contributed by atoms with Crippen molar-refractivity contribution in [2.75, 3.05) is 7.11 Å². The fourth-order valence-corrected chi connectivity index (χ4v) is 3.40. The monoisotopic (exact) mass is 472 g/mol. The van der Waals surface area contributed by atoms with Gasteiger partial charge in [-0.25, -0.2) is 9.79 Å². The summed E-state index contributed by atoms with van der Waals surface area (Å²) in [7, 11) is 1.40. The summed E-state index contributed by atoms with van der Waals surface area (Å²) in [5.41, 5.74) is 8.30. The van der Waals surface area contributed by atoms with Crippen molar-refractivity contribution in [1.82, 2.24) is 10.3 Å². The van der Waals surface area contributed by atoms with Gasteiger partial charge in [0.25, 0.3) is 0 Å². The first-order chi connectivity index (χ1) is 12.2. The van der Waals surface area contributed by atoms with Crippen LogP contribution in [-0.4, -0.2) is 30.1 Å². The maximum atomic E-state index is 11.9. The Morgan fingerprint density at radius 1 is 1.23 bits per heavy atom.